The number of fused-ring (bicyclic) bond motifs is 1. The van der Waals surface area contributed by atoms with E-state index >= 15 is 0 Å². The second-order valence-corrected chi connectivity index (χ2v) is 7.63. The lowest BCUT2D eigenvalue weighted by atomic mass is 9.79. The number of piperidine rings is 1. The zero-order valence-corrected chi connectivity index (χ0v) is 13.5. The van der Waals surface area contributed by atoms with Gasteiger partial charge in [0.2, 0.25) is 0 Å². The maximum Gasteiger partial charge on any atom is 0.0931 e. The Morgan fingerprint density at radius 2 is 1.90 bits per heavy atom. The highest BCUT2D eigenvalue weighted by Crippen LogP contribution is 2.28. The summed E-state index contributed by atoms with van der Waals surface area (Å²) in [6.45, 7) is 10.1. The van der Waals surface area contributed by atoms with Crippen LogP contribution >= 0.6 is 0 Å². The molecule has 0 atom stereocenters. The molecular formula is C17H26N4. The Morgan fingerprint density at radius 3 is 2.62 bits per heavy atom. The molecule has 0 spiro atoms. The third-order valence-corrected chi connectivity index (χ3v) is 4.27. The largest absolute Gasteiger partial charge is 0.345 e. The first-order valence-corrected chi connectivity index (χ1v) is 7.78. The molecule has 3 rings (SSSR count). The molecule has 1 aliphatic heterocycles. The van der Waals surface area contributed by atoms with E-state index in [0.29, 0.717) is 6.04 Å². The Balaban J connectivity index is 1.66. The summed E-state index contributed by atoms with van der Waals surface area (Å²) in [6, 6.07) is 6.98. The molecule has 0 radical (unpaired) electrons. The van der Waals surface area contributed by atoms with Gasteiger partial charge in [-0.2, -0.15) is 0 Å². The van der Waals surface area contributed by atoms with E-state index in [9.17, 15) is 0 Å². The van der Waals surface area contributed by atoms with Gasteiger partial charge in [0.05, 0.1) is 17.4 Å². The van der Waals surface area contributed by atoms with Crippen molar-refractivity contribution in [2.24, 2.45) is 0 Å². The topological polar surface area (TPSA) is 52.7 Å². The average Bonchev–Trinajstić information content (AvgIpc) is 2.79. The molecule has 4 nitrogen and oxygen atoms in total. The number of aromatic amines is 1. The molecule has 2 heterocycles. The third kappa shape index (κ3) is 3.44. The molecule has 21 heavy (non-hydrogen) atoms. The van der Waals surface area contributed by atoms with Crippen LogP contribution in [0, 0.1) is 0 Å². The SMILES string of the molecule is CC1(C)CC(NCc2ccc3nc[nH]c3c2)CC(C)(C)N1. The van der Waals surface area contributed by atoms with E-state index in [0.717, 1.165) is 30.4 Å². The van der Waals surface area contributed by atoms with Gasteiger partial charge in [-0.05, 0) is 58.2 Å². The quantitative estimate of drug-likeness (QED) is 0.813. The van der Waals surface area contributed by atoms with Crippen LogP contribution in [0.15, 0.2) is 24.5 Å². The van der Waals surface area contributed by atoms with E-state index < -0.39 is 0 Å². The van der Waals surface area contributed by atoms with Crippen molar-refractivity contribution in [1.82, 2.24) is 20.6 Å². The van der Waals surface area contributed by atoms with Crippen molar-refractivity contribution < 1.29 is 0 Å². The van der Waals surface area contributed by atoms with Crippen molar-refractivity contribution in [3.05, 3.63) is 30.1 Å². The lowest BCUT2D eigenvalue weighted by Crippen LogP contribution is -2.61. The van der Waals surface area contributed by atoms with Gasteiger partial charge in [-0.3, -0.25) is 0 Å². The van der Waals surface area contributed by atoms with E-state index in [4.69, 9.17) is 0 Å². The van der Waals surface area contributed by atoms with Gasteiger partial charge >= 0.3 is 0 Å². The highest BCUT2D eigenvalue weighted by Gasteiger charge is 2.37. The number of nitrogens with zero attached hydrogens (tertiary/aromatic N) is 1. The molecule has 0 aliphatic carbocycles. The van der Waals surface area contributed by atoms with Crippen LogP contribution in [-0.4, -0.2) is 27.1 Å². The maximum atomic E-state index is 4.26. The number of nitrogens with one attached hydrogen (secondary N) is 3. The van der Waals surface area contributed by atoms with E-state index in [1.807, 2.05) is 0 Å². The summed E-state index contributed by atoms with van der Waals surface area (Å²) in [7, 11) is 0. The number of imidazole rings is 1. The van der Waals surface area contributed by atoms with E-state index in [1.165, 1.54) is 5.56 Å². The first-order chi connectivity index (χ1) is 9.83. The summed E-state index contributed by atoms with van der Waals surface area (Å²) >= 11 is 0. The zero-order valence-electron chi connectivity index (χ0n) is 13.5. The lowest BCUT2D eigenvalue weighted by molar-refractivity contribution is 0.145. The van der Waals surface area contributed by atoms with Crippen LogP contribution in [0.3, 0.4) is 0 Å². The van der Waals surface area contributed by atoms with Crippen LogP contribution in [0.25, 0.3) is 11.0 Å². The number of H-pyrrole nitrogens is 1. The molecule has 4 heteroatoms. The number of benzene rings is 1. The standard InChI is InChI=1S/C17H26N4/c1-16(2)8-13(9-17(3,4)21-16)18-10-12-5-6-14-15(7-12)20-11-19-14/h5-7,11,13,18,21H,8-10H2,1-4H3,(H,19,20). The monoisotopic (exact) mass is 286 g/mol. The normalized spacial score (nSPS) is 21.7. The first-order valence-electron chi connectivity index (χ1n) is 7.78. The molecular weight excluding hydrogens is 260 g/mol. The summed E-state index contributed by atoms with van der Waals surface area (Å²) in [5.41, 5.74) is 3.82. The average molecular weight is 286 g/mol. The fourth-order valence-electron chi connectivity index (χ4n) is 3.82. The number of hydrogen-bond donors (Lipinski definition) is 3. The van der Waals surface area contributed by atoms with Crippen LogP contribution in [0.5, 0.6) is 0 Å². The summed E-state index contributed by atoms with van der Waals surface area (Å²) in [5, 5.41) is 7.46. The summed E-state index contributed by atoms with van der Waals surface area (Å²) < 4.78 is 0. The van der Waals surface area contributed by atoms with Crippen LogP contribution in [0.1, 0.15) is 46.1 Å². The van der Waals surface area contributed by atoms with Crippen molar-refractivity contribution >= 4 is 11.0 Å². The highest BCUT2D eigenvalue weighted by molar-refractivity contribution is 5.74. The van der Waals surface area contributed by atoms with E-state index in [2.05, 4.69) is 66.5 Å². The van der Waals surface area contributed by atoms with Crippen LogP contribution in [0.4, 0.5) is 0 Å². The summed E-state index contributed by atoms with van der Waals surface area (Å²) in [4.78, 5) is 7.44. The van der Waals surface area contributed by atoms with Crippen molar-refractivity contribution in [1.29, 1.82) is 0 Å². The maximum absolute atomic E-state index is 4.26. The van der Waals surface area contributed by atoms with Crippen LogP contribution in [0.2, 0.25) is 0 Å². The minimum atomic E-state index is 0.187. The molecule has 1 aromatic carbocycles. The van der Waals surface area contributed by atoms with Gasteiger partial charge in [0, 0.05) is 23.7 Å². The first kappa shape index (κ1) is 14.5. The van der Waals surface area contributed by atoms with Crippen molar-refractivity contribution in [2.75, 3.05) is 0 Å². The van der Waals surface area contributed by atoms with Crippen LogP contribution < -0.4 is 10.6 Å². The fraction of sp³-hybridized carbons (Fsp3) is 0.588. The molecule has 2 aromatic rings. The molecule has 1 saturated heterocycles. The summed E-state index contributed by atoms with van der Waals surface area (Å²) in [6.07, 6.45) is 4.06. The molecule has 1 fully saturated rings. The number of rotatable bonds is 3. The predicted molar refractivity (Wildman–Crippen MR) is 87.2 cm³/mol. The number of aromatic nitrogens is 2. The molecule has 0 saturated carbocycles. The zero-order chi connectivity index (χ0) is 15.1. The number of hydrogen-bond acceptors (Lipinski definition) is 3. The summed E-state index contributed by atoms with van der Waals surface area (Å²) in [5.74, 6) is 0. The van der Waals surface area contributed by atoms with Crippen LogP contribution in [-0.2, 0) is 6.54 Å². The van der Waals surface area contributed by atoms with Crippen molar-refractivity contribution in [3.63, 3.8) is 0 Å². The molecule has 0 amide bonds. The molecule has 0 bridgehead atoms. The predicted octanol–water partition coefficient (Wildman–Crippen LogP) is 2.96. The van der Waals surface area contributed by atoms with Gasteiger partial charge < -0.3 is 15.6 Å². The van der Waals surface area contributed by atoms with E-state index in [-0.39, 0.29) is 11.1 Å². The van der Waals surface area contributed by atoms with E-state index in [1.54, 1.807) is 6.33 Å². The lowest BCUT2D eigenvalue weighted by Gasteiger charge is -2.46. The molecule has 1 aliphatic rings. The van der Waals surface area contributed by atoms with Crippen molar-refractivity contribution in [2.45, 2.75) is 64.2 Å². The van der Waals surface area contributed by atoms with Gasteiger partial charge in [0.1, 0.15) is 0 Å². The van der Waals surface area contributed by atoms with Gasteiger partial charge in [-0.1, -0.05) is 6.07 Å². The van der Waals surface area contributed by atoms with Gasteiger partial charge in [0.15, 0.2) is 0 Å². The van der Waals surface area contributed by atoms with Gasteiger partial charge in [-0.25, -0.2) is 4.98 Å². The molecule has 0 unspecified atom stereocenters. The Bertz CT molecular complexity index is 611. The van der Waals surface area contributed by atoms with Crippen molar-refractivity contribution in [3.8, 4) is 0 Å². The third-order valence-electron chi connectivity index (χ3n) is 4.27. The smallest absolute Gasteiger partial charge is 0.0931 e. The second kappa shape index (κ2) is 5.11. The Morgan fingerprint density at radius 1 is 1.19 bits per heavy atom. The minimum Gasteiger partial charge on any atom is -0.345 e. The molecule has 1 aromatic heterocycles. The molecule has 3 N–H and O–H groups in total. The Hall–Kier alpha value is -1.39. The second-order valence-electron chi connectivity index (χ2n) is 7.63. The highest BCUT2D eigenvalue weighted by atomic mass is 15.1. The van der Waals surface area contributed by atoms with Gasteiger partial charge in [-0.15, -0.1) is 0 Å². The molecule has 114 valence electrons. The minimum absolute atomic E-state index is 0.187. The fourth-order valence-corrected chi connectivity index (χ4v) is 3.82. The van der Waals surface area contributed by atoms with Gasteiger partial charge in [0.25, 0.3) is 0 Å². The Kier molecular flexibility index (Phi) is 3.54. The Labute approximate surface area is 126 Å².